The molecule has 0 radical (unpaired) electrons. The molecule has 1 aliphatic heterocycles. The van der Waals surface area contributed by atoms with E-state index >= 15 is 0 Å². The Labute approximate surface area is 184 Å². The minimum absolute atomic E-state index is 0.0840. The molecule has 2 heterocycles. The zero-order valence-electron chi connectivity index (χ0n) is 17.1. The van der Waals surface area contributed by atoms with Crippen molar-refractivity contribution in [3.05, 3.63) is 75.4 Å². The summed E-state index contributed by atoms with van der Waals surface area (Å²) in [5.74, 6) is -0.223. The number of rotatable bonds is 4. The van der Waals surface area contributed by atoms with E-state index < -0.39 is 4.92 Å². The maximum atomic E-state index is 13.5. The summed E-state index contributed by atoms with van der Waals surface area (Å²) in [6, 6.07) is 14.9. The number of hydrogen-bond donors (Lipinski definition) is 0. The fourth-order valence-electron chi connectivity index (χ4n) is 3.77. The summed E-state index contributed by atoms with van der Waals surface area (Å²) in [6.45, 7) is 4.74. The van der Waals surface area contributed by atoms with Crippen LogP contribution in [-0.2, 0) is 4.74 Å². The van der Waals surface area contributed by atoms with E-state index in [0.29, 0.717) is 40.8 Å². The van der Waals surface area contributed by atoms with Gasteiger partial charge in [0.25, 0.3) is 11.6 Å². The van der Waals surface area contributed by atoms with Gasteiger partial charge < -0.3 is 9.64 Å². The van der Waals surface area contributed by atoms with Gasteiger partial charge in [0, 0.05) is 30.8 Å². The van der Waals surface area contributed by atoms with Crippen molar-refractivity contribution in [1.82, 2.24) is 14.7 Å². The highest BCUT2D eigenvalue weighted by Gasteiger charge is 2.30. The van der Waals surface area contributed by atoms with Crippen LogP contribution in [0, 0.1) is 10.1 Å². The number of carbonyl (C=O) groups is 1. The monoisotopic (exact) mass is 440 g/mol. The molecular weight excluding hydrogens is 420 g/mol. The molecule has 2 aromatic carbocycles. The maximum Gasteiger partial charge on any atom is 0.272 e. The normalized spacial score (nSPS) is 18.7. The predicted molar refractivity (Wildman–Crippen MR) is 117 cm³/mol. The number of morpholine rings is 1. The summed E-state index contributed by atoms with van der Waals surface area (Å²) in [7, 11) is 0. The van der Waals surface area contributed by atoms with Gasteiger partial charge in [-0.05, 0) is 32.0 Å². The molecule has 9 heteroatoms. The Kier molecular flexibility index (Phi) is 5.75. The Morgan fingerprint density at radius 2 is 1.84 bits per heavy atom. The number of aromatic nitrogens is 2. The lowest BCUT2D eigenvalue weighted by molar-refractivity contribution is -0.384. The Morgan fingerprint density at radius 1 is 1.13 bits per heavy atom. The fourth-order valence-corrected chi connectivity index (χ4v) is 4.01. The summed E-state index contributed by atoms with van der Waals surface area (Å²) < 4.78 is 7.18. The van der Waals surface area contributed by atoms with E-state index in [0.717, 1.165) is 0 Å². The molecule has 1 saturated heterocycles. The second kappa shape index (κ2) is 8.49. The first-order valence-electron chi connectivity index (χ1n) is 9.88. The number of nitrogens with zero attached hydrogens (tertiary/aromatic N) is 4. The Balaban J connectivity index is 1.83. The molecule has 8 nitrogen and oxygen atoms in total. The lowest BCUT2D eigenvalue weighted by atomic mass is 10.1. The van der Waals surface area contributed by atoms with Gasteiger partial charge in [-0.1, -0.05) is 35.9 Å². The first kappa shape index (κ1) is 21.0. The van der Waals surface area contributed by atoms with E-state index in [4.69, 9.17) is 16.3 Å². The Morgan fingerprint density at radius 3 is 2.52 bits per heavy atom. The van der Waals surface area contributed by atoms with E-state index in [1.54, 1.807) is 29.2 Å². The summed E-state index contributed by atoms with van der Waals surface area (Å²) in [6.07, 6.45) is -0.185. The number of benzene rings is 2. The van der Waals surface area contributed by atoms with Gasteiger partial charge in [-0.15, -0.1) is 0 Å². The van der Waals surface area contributed by atoms with Crippen molar-refractivity contribution in [1.29, 1.82) is 0 Å². The van der Waals surface area contributed by atoms with Crippen molar-refractivity contribution in [3.8, 4) is 16.9 Å². The highest BCUT2D eigenvalue weighted by Crippen LogP contribution is 2.29. The third kappa shape index (κ3) is 4.30. The molecule has 1 aliphatic rings. The summed E-state index contributed by atoms with van der Waals surface area (Å²) in [4.78, 5) is 26.0. The number of carbonyl (C=O) groups excluding carboxylic acids is 1. The zero-order chi connectivity index (χ0) is 22.1. The van der Waals surface area contributed by atoms with Gasteiger partial charge in [0.2, 0.25) is 0 Å². The number of amides is 1. The molecule has 0 spiro atoms. The average Bonchev–Trinajstić information content (AvgIpc) is 3.18. The van der Waals surface area contributed by atoms with Crippen LogP contribution in [0.25, 0.3) is 16.9 Å². The number of nitro groups is 1. The van der Waals surface area contributed by atoms with Crippen LogP contribution in [0.4, 0.5) is 5.69 Å². The largest absolute Gasteiger partial charge is 0.372 e. The first-order valence-corrected chi connectivity index (χ1v) is 10.3. The SMILES string of the molecule is CC1CN(C(=O)c2cc(-c3ccccc3Cl)nn2-c2cccc([N+](=O)[O-])c2)CC(C)O1. The second-order valence-corrected chi connectivity index (χ2v) is 7.96. The quantitative estimate of drug-likeness (QED) is 0.444. The second-order valence-electron chi connectivity index (χ2n) is 7.55. The van der Waals surface area contributed by atoms with Crippen LogP contribution in [0.15, 0.2) is 54.6 Å². The van der Waals surface area contributed by atoms with E-state index in [1.165, 1.54) is 16.8 Å². The molecule has 1 aromatic heterocycles. The van der Waals surface area contributed by atoms with Crippen LogP contribution >= 0.6 is 11.6 Å². The molecular formula is C22H21ClN4O4. The predicted octanol–water partition coefficient (Wildman–Crippen LogP) is 4.35. The van der Waals surface area contributed by atoms with Crippen LogP contribution in [-0.4, -0.2) is 50.8 Å². The van der Waals surface area contributed by atoms with Gasteiger partial charge in [0.15, 0.2) is 0 Å². The average molecular weight is 441 g/mol. The van der Waals surface area contributed by atoms with Crippen molar-refractivity contribution >= 4 is 23.2 Å². The van der Waals surface area contributed by atoms with E-state index in [1.807, 2.05) is 32.0 Å². The number of halogens is 1. The van der Waals surface area contributed by atoms with Gasteiger partial charge >= 0.3 is 0 Å². The van der Waals surface area contributed by atoms with Crippen molar-refractivity contribution in [3.63, 3.8) is 0 Å². The maximum absolute atomic E-state index is 13.5. The topological polar surface area (TPSA) is 90.5 Å². The minimum Gasteiger partial charge on any atom is -0.372 e. The lowest BCUT2D eigenvalue weighted by Crippen LogP contribution is -2.48. The molecule has 2 unspecified atom stereocenters. The molecule has 0 aliphatic carbocycles. The number of ether oxygens (including phenoxy) is 1. The summed E-state index contributed by atoms with van der Waals surface area (Å²) >= 11 is 6.35. The van der Waals surface area contributed by atoms with Crippen molar-refractivity contribution in [2.45, 2.75) is 26.1 Å². The third-order valence-corrected chi connectivity index (χ3v) is 5.40. The Hall–Kier alpha value is -3.23. The number of non-ortho nitro benzene ring substituents is 1. The molecule has 0 N–H and O–H groups in total. The van der Waals surface area contributed by atoms with Gasteiger partial charge in [-0.2, -0.15) is 5.10 Å². The molecule has 160 valence electrons. The van der Waals surface area contributed by atoms with Crippen LogP contribution in [0.2, 0.25) is 5.02 Å². The van der Waals surface area contributed by atoms with Crippen molar-refractivity contribution in [2.75, 3.05) is 13.1 Å². The van der Waals surface area contributed by atoms with Crippen LogP contribution in [0.1, 0.15) is 24.3 Å². The van der Waals surface area contributed by atoms with Gasteiger partial charge in [0.1, 0.15) is 5.69 Å². The summed E-state index contributed by atoms with van der Waals surface area (Å²) in [5.41, 5.74) is 1.82. The highest BCUT2D eigenvalue weighted by molar-refractivity contribution is 6.33. The van der Waals surface area contributed by atoms with Crippen LogP contribution in [0.5, 0.6) is 0 Å². The molecule has 4 rings (SSSR count). The van der Waals surface area contributed by atoms with Crippen molar-refractivity contribution < 1.29 is 14.5 Å². The summed E-state index contributed by atoms with van der Waals surface area (Å²) in [5, 5.41) is 16.4. The standard InChI is InChI=1S/C22H21ClN4O4/c1-14-12-25(13-15(2)31-14)22(28)21-11-20(18-8-3-4-9-19(18)23)24-26(21)16-6-5-7-17(10-16)27(29)30/h3-11,14-15H,12-13H2,1-2H3. The van der Waals surface area contributed by atoms with Gasteiger partial charge in [-0.25, -0.2) is 4.68 Å². The smallest absolute Gasteiger partial charge is 0.272 e. The fraction of sp³-hybridized carbons (Fsp3) is 0.273. The van der Waals surface area contributed by atoms with Crippen LogP contribution < -0.4 is 0 Å². The molecule has 1 amide bonds. The molecule has 2 atom stereocenters. The van der Waals surface area contributed by atoms with Crippen LogP contribution in [0.3, 0.4) is 0 Å². The van der Waals surface area contributed by atoms with Crippen molar-refractivity contribution in [2.24, 2.45) is 0 Å². The number of hydrogen-bond acceptors (Lipinski definition) is 5. The van der Waals surface area contributed by atoms with E-state index in [2.05, 4.69) is 5.10 Å². The highest BCUT2D eigenvalue weighted by atomic mass is 35.5. The van der Waals surface area contributed by atoms with E-state index in [-0.39, 0.29) is 23.8 Å². The number of nitro benzene ring substituents is 1. The molecule has 1 fully saturated rings. The first-order chi connectivity index (χ1) is 14.8. The molecule has 31 heavy (non-hydrogen) atoms. The molecule has 0 bridgehead atoms. The molecule has 0 saturated carbocycles. The van der Waals surface area contributed by atoms with Gasteiger partial charge in [-0.3, -0.25) is 14.9 Å². The lowest BCUT2D eigenvalue weighted by Gasteiger charge is -2.35. The molecule has 3 aromatic rings. The Bertz CT molecular complexity index is 1140. The zero-order valence-corrected chi connectivity index (χ0v) is 17.8. The van der Waals surface area contributed by atoms with Gasteiger partial charge in [0.05, 0.1) is 33.5 Å². The third-order valence-electron chi connectivity index (χ3n) is 5.07. The van der Waals surface area contributed by atoms with E-state index in [9.17, 15) is 14.9 Å². The minimum atomic E-state index is -0.477.